The van der Waals surface area contributed by atoms with Gasteiger partial charge in [-0.15, -0.1) is 0 Å². The third kappa shape index (κ3) is 5.39. The molecule has 2 atom stereocenters. The lowest BCUT2D eigenvalue weighted by molar-refractivity contribution is 0.116. The first kappa shape index (κ1) is 15.0. The minimum absolute atomic E-state index is 0.652. The average molecular weight is 240 g/mol. The van der Waals surface area contributed by atoms with E-state index in [9.17, 15) is 0 Å². The van der Waals surface area contributed by atoms with Crippen molar-refractivity contribution in [3.63, 3.8) is 0 Å². The van der Waals surface area contributed by atoms with Gasteiger partial charge in [-0.2, -0.15) is 0 Å². The first-order valence-electron chi connectivity index (χ1n) is 7.62. The van der Waals surface area contributed by atoms with E-state index in [1.165, 1.54) is 45.2 Å². The third-order valence-corrected chi connectivity index (χ3v) is 3.99. The number of likely N-dealkylation sites (tertiary alicyclic amines) is 1. The van der Waals surface area contributed by atoms with E-state index in [1.54, 1.807) is 0 Å². The molecule has 1 N–H and O–H groups in total. The number of nitrogens with one attached hydrogen (secondary N) is 1. The van der Waals surface area contributed by atoms with Crippen LogP contribution in [0.3, 0.4) is 0 Å². The van der Waals surface area contributed by atoms with E-state index >= 15 is 0 Å². The predicted octanol–water partition coefficient (Wildman–Crippen LogP) is 3.28. The molecule has 0 spiro atoms. The van der Waals surface area contributed by atoms with Gasteiger partial charge in [-0.3, -0.25) is 4.90 Å². The van der Waals surface area contributed by atoms with Crippen molar-refractivity contribution in [2.24, 2.45) is 5.92 Å². The summed E-state index contributed by atoms with van der Waals surface area (Å²) < 4.78 is 0. The van der Waals surface area contributed by atoms with Crippen LogP contribution >= 0.6 is 0 Å². The van der Waals surface area contributed by atoms with Gasteiger partial charge in [0.1, 0.15) is 0 Å². The maximum atomic E-state index is 3.60. The summed E-state index contributed by atoms with van der Waals surface area (Å²) in [6.07, 6.45) is 6.94. The van der Waals surface area contributed by atoms with Gasteiger partial charge < -0.3 is 5.32 Å². The molecule has 2 nitrogen and oxygen atoms in total. The van der Waals surface area contributed by atoms with E-state index < -0.39 is 0 Å². The first-order chi connectivity index (χ1) is 8.15. The summed E-state index contributed by atoms with van der Waals surface area (Å²) in [7, 11) is 0. The molecule has 102 valence electrons. The molecule has 2 heteroatoms. The highest BCUT2D eigenvalue weighted by Crippen LogP contribution is 2.20. The van der Waals surface area contributed by atoms with Crippen LogP contribution in [0, 0.1) is 5.92 Å². The molecule has 0 aliphatic carbocycles. The standard InChI is InChI=1S/C15H32N2/c1-5-16-14(4)15-10-6-7-11-17(15)12-8-9-13(2)3/h13-16H,5-12H2,1-4H3. The highest BCUT2D eigenvalue weighted by molar-refractivity contribution is 4.84. The second kappa shape index (κ2) is 8.10. The lowest BCUT2D eigenvalue weighted by Crippen LogP contribution is -2.51. The highest BCUT2D eigenvalue weighted by atomic mass is 15.2. The Morgan fingerprint density at radius 2 is 2.00 bits per heavy atom. The molecule has 1 heterocycles. The molecular weight excluding hydrogens is 208 g/mol. The van der Waals surface area contributed by atoms with E-state index in [0.29, 0.717) is 6.04 Å². The van der Waals surface area contributed by atoms with Crippen molar-refractivity contribution in [1.82, 2.24) is 10.2 Å². The Bertz CT molecular complexity index is 191. The van der Waals surface area contributed by atoms with E-state index in [4.69, 9.17) is 0 Å². The molecule has 1 aliphatic heterocycles. The summed E-state index contributed by atoms with van der Waals surface area (Å²) in [5, 5.41) is 3.60. The summed E-state index contributed by atoms with van der Waals surface area (Å²) in [6.45, 7) is 12.9. The van der Waals surface area contributed by atoms with Gasteiger partial charge in [-0.05, 0) is 58.2 Å². The second-order valence-electron chi connectivity index (χ2n) is 5.98. The molecule has 0 saturated carbocycles. The van der Waals surface area contributed by atoms with Gasteiger partial charge in [0.25, 0.3) is 0 Å². The minimum atomic E-state index is 0.652. The molecule has 0 amide bonds. The Labute approximate surface area is 108 Å². The fourth-order valence-electron chi connectivity index (χ4n) is 3.02. The zero-order valence-electron chi connectivity index (χ0n) is 12.3. The fraction of sp³-hybridized carbons (Fsp3) is 1.00. The van der Waals surface area contributed by atoms with Gasteiger partial charge in [-0.25, -0.2) is 0 Å². The molecule has 1 fully saturated rings. The fourth-order valence-corrected chi connectivity index (χ4v) is 3.02. The maximum absolute atomic E-state index is 3.60. The number of hydrogen-bond acceptors (Lipinski definition) is 2. The van der Waals surface area contributed by atoms with Crippen molar-refractivity contribution < 1.29 is 0 Å². The van der Waals surface area contributed by atoms with Crippen LogP contribution in [0.25, 0.3) is 0 Å². The predicted molar refractivity (Wildman–Crippen MR) is 76.4 cm³/mol. The van der Waals surface area contributed by atoms with Gasteiger partial charge in [0.15, 0.2) is 0 Å². The molecule has 0 bridgehead atoms. The van der Waals surface area contributed by atoms with Crippen molar-refractivity contribution in [2.75, 3.05) is 19.6 Å². The third-order valence-electron chi connectivity index (χ3n) is 3.99. The Balaban J connectivity index is 2.36. The second-order valence-corrected chi connectivity index (χ2v) is 5.98. The van der Waals surface area contributed by atoms with Crippen molar-refractivity contribution in [3.05, 3.63) is 0 Å². The van der Waals surface area contributed by atoms with Crippen LogP contribution in [0.4, 0.5) is 0 Å². The molecule has 17 heavy (non-hydrogen) atoms. The van der Waals surface area contributed by atoms with Crippen LogP contribution in [0.5, 0.6) is 0 Å². The van der Waals surface area contributed by atoms with Crippen molar-refractivity contribution >= 4 is 0 Å². The highest BCUT2D eigenvalue weighted by Gasteiger charge is 2.26. The van der Waals surface area contributed by atoms with Crippen molar-refractivity contribution in [3.8, 4) is 0 Å². The van der Waals surface area contributed by atoms with Crippen LogP contribution in [-0.2, 0) is 0 Å². The SMILES string of the molecule is CCNC(C)C1CCCCN1CCCC(C)C. The monoisotopic (exact) mass is 240 g/mol. The Kier molecular flexibility index (Phi) is 7.14. The number of hydrogen-bond donors (Lipinski definition) is 1. The summed E-state index contributed by atoms with van der Waals surface area (Å²) in [6, 6.07) is 1.43. The van der Waals surface area contributed by atoms with Gasteiger partial charge in [0.05, 0.1) is 0 Å². The Hall–Kier alpha value is -0.0800. The van der Waals surface area contributed by atoms with E-state index in [-0.39, 0.29) is 0 Å². The van der Waals surface area contributed by atoms with E-state index in [1.807, 2.05) is 0 Å². The van der Waals surface area contributed by atoms with Gasteiger partial charge in [0.2, 0.25) is 0 Å². The molecule has 0 radical (unpaired) electrons. The lowest BCUT2D eigenvalue weighted by atomic mass is 9.95. The molecule has 1 saturated heterocycles. The van der Waals surface area contributed by atoms with Crippen molar-refractivity contribution in [2.45, 2.75) is 71.9 Å². The lowest BCUT2D eigenvalue weighted by Gasteiger charge is -2.39. The topological polar surface area (TPSA) is 15.3 Å². The zero-order chi connectivity index (χ0) is 12.7. The molecule has 0 aromatic rings. The molecule has 2 unspecified atom stereocenters. The maximum Gasteiger partial charge on any atom is 0.0246 e. The number of nitrogens with zero attached hydrogens (tertiary/aromatic N) is 1. The zero-order valence-corrected chi connectivity index (χ0v) is 12.3. The summed E-state index contributed by atoms with van der Waals surface area (Å²) in [4.78, 5) is 2.74. The smallest absolute Gasteiger partial charge is 0.0246 e. The van der Waals surface area contributed by atoms with E-state index in [0.717, 1.165) is 18.5 Å². The van der Waals surface area contributed by atoms with E-state index in [2.05, 4.69) is 37.9 Å². The van der Waals surface area contributed by atoms with Crippen molar-refractivity contribution in [1.29, 1.82) is 0 Å². The molecule has 0 aromatic carbocycles. The number of likely N-dealkylation sites (N-methyl/N-ethyl adjacent to an activating group) is 1. The molecule has 1 aliphatic rings. The summed E-state index contributed by atoms with van der Waals surface area (Å²) in [5.74, 6) is 0.851. The number of rotatable bonds is 7. The van der Waals surface area contributed by atoms with Gasteiger partial charge in [0, 0.05) is 12.1 Å². The summed E-state index contributed by atoms with van der Waals surface area (Å²) >= 11 is 0. The van der Waals surface area contributed by atoms with Crippen LogP contribution in [0.15, 0.2) is 0 Å². The Morgan fingerprint density at radius 1 is 1.24 bits per heavy atom. The first-order valence-corrected chi connectivity index (χ1v) is 7.62. The quantitative estimate of drug-likeness (QED) is 0.735. The minimum Gasteiger partial charge on any atom is -0.313 e. The van der Waals surface area contributed by atoms with Gasteiger partial charge in [-0.1, -0.05) is 27.2 Å². The number of piperidine rings is 1. The van der Waals surface area contributed by atoms with Crippen LogP contribution in [0.2, 0.25) is 0 Å². The molecule has 0 aromatic heterocycles. The van der Waals surface area contributed by atoms with Crippen LogP contribution in [0.1, 0.15) is 59.8 Å². The molecular formula is C15H32N2. The normalized spacial score (nSPS) is 24.2. The largest absolute Gasteiger partial charge is 0.313 e. The Morgan fingerprint density at radius 3 is 2.65 bits per heavy atom. The van der Waals surface area contributed by atoms with Crippen LogP contribution in [-0.4, -0.2) is 36.6 Å². The van der Waals surface area contributed by atoms with Gasteiger partial charge >= 0.3 is 0 Å². The molecule has 1 rings (SSSR count). The summed E-state index contributed by atoms with van der Waals surface area (Å²) in [5.41, 5.74) is 0. The van der Waals surface area contributed by atoms with Crippen LogP contribution < -0.4 is 5.32 Å². The average Bonchev–Trinajstić information content (AvgIpc) is 2.29.